The number of carbonyl (C=O) groups is 1. The molecule has 1 saturated heterocycles. The molecule has 0 aliphatic carbocycles. The standard InChI is InChI=1S/C19H21ClN2O/c1-15(17-9-5-6-10-18(17)20)21-11-13-22(14-12-21)19(23)16-7-3-2-4-8-16/h2-10,15H,11-14H2,1H3/t15-/m1/s1. The van der Waals surface area contributed by atoms with Crippen LogP contribution in [0.2, 0.25) is 5.02 Å². The highest BCUT2D eigenvalue weighted by atomic mass is 35.5. The van der Waals surface area contributed by atoms with Crippen molar-refractivity contribution in [2.45, 2.75) is 13.0 Å². The van der Waals surface area contributed by atoms with Crippen LogP contribution in [-0.4, -0.2) is 41.9 Å². The monoisotopic (exact) mass is 328 g/mol. The molecular weight excluding hydrogens is 308 g/mol. The van der Waals surface area contributed by atoms with Crippen LogP contribution in [0.15, 0.2) is 54.6 Å². The molecular formula is C19H21ClN2O. The predicted octanol–water partition coefficient (Wildman–Crippen LogP) is 3.86. The molecule has 2 aromatic rings. The molecule has 1 fully saturated rings. The van der Waals surface area contributed by atoms with E-state index in [4.69, 9.17) is 11.6 Å². The Hall–Kier alpha value is -1.84. The molecule has 3 rings (SSSR count). The smallest absolute Gasteiger partial charge is 0.253 e. The van der Waals surface area contributed by atoms with E-state index >= 15 is 0 Å². The molecule has 0 unspecified atom stereocenters. The predicted molar refractivity (Wildman–Crippen MR) is 93.8 cm³/mol. The summed E-state index contributed by atoms with van der Waals surface area (Å²) in [5.74, 6) is 0.121. The van der Waals surface area contributed by atoms with E-state index in [-0.39, 0.29) is 11.9 Å². The van der Waals surface area contributed by atoms with Crippen LogP contribution in [0.4, 0.5) is 0 Å². The summed E-state index contributed by atoms with van der Waals surface area (Å²) in [5.41, 5.74) is 1.91. The zero-order chi connectivity index (χ0) is 16.2. The molecule has 1 atom stereocenters. The van der Waals surface area contributed by atoms with E-state index in [1.807, 2.05) is 53.4 Å². The van der Waals surface area contributed by atoms with Crippen molar-refractivity contribution in [2.24, 2.45) is 0 Å². The molecule has 1 amide bonds. The summed E-state index contributed by atoms with van der Waals surface area (Å²) in [4.78, 5) is 16.8. The van der Waals surface area contributed by atoms with Crippen LogP contribution < -0.4 is 0 Å². The lowest BCUT2D eigenvalue weighted by Gasteiger charge is -2.38. The summed E-state index contributed by atoms with van der Waals surface area (Å²) in [6.07, 6.45) is 0. The number of amides is 1. The minimum atomic E-state index is 0.121. The summed E-state index contributed by atoms with van der Waals surface area (Å²) < 4.78 is 0. The zero-order valence-electron chi connectivity index (χ0n) is 13.3. The molecule has 0 spiro atoms. The van der Waals surface area contributed by atoms with E-state index in [0.29, 0.717) is 0 Å². The molecule has 0 aromatic heterocycles. The van der Waals surface area contributed by atoms with Gasteiger partial charge in [-0.1, -0.05) is 48.0 Å². The Morgan fingerprint density at radius 3 is 2.22 bits per heavy atom. The highest BCUT2D eigenvalue weighted by Gasteiger charge is 2.25. The molecule has 23 heavy (non-hydrogen) atoms. The Bertz CT molecular complexity index is 666. The Morgan fingerprint density at radius 2 is 1.57 bits per heavy atom. The Balaban J connectivity index is 1.62. The molecule has 120 valence electrons. The number of rotatable bonds is 3. The van der Waals surface area contributed by atoms with E-state index < -0.39 is 0 Å². The normalized spacial score (nSPS) is 17.0. The van der Waals surface area contributed by atoms with Gasteiger partial charge < -0.3 is 4.90 Å². The van der Waals surface area contributed by atoms with Gasteiger partial charge in [0.2, 0.25) is 0 Å². The first-order valence-corrected chi connectivity index (χ1v) is 8.37. The second-order valence-electron chi connectivity index (χ2n) is 5.89. The quantitative estimate of drug-likeness (QED) is 0.854. The molecule has 1 aliphatic rings. The maximum absolute atomic E-state index is 12.5. The Morgan fingerprint density at radius 1 is 0.957 bits per heavy atom. The molecule has 1 aliphatic heterocycles. The highest BCUT2D eigenvalue weighted by molar-refractivity contribution is 6.31. The topological polar surface area (TPSA) is 23.6 Å². The number of hydrogen-bond donors (Lipinski definition) is 0. The van der Waals surface area contributed by atoms with Crippen LogP contribution in [-0.2, 0) is 0 Å². The van der Waals surface area contributed by atoms with Crippen LogP contribution in [0, 0.1) is 0 Å². The lowest BCUT2D eigenvalue weighted by Crippen LogP contribution is -2.49. The zero-order valence-corrected chi connectivity index (χ0v) is 14.0. The van der Waals surface area contributed by atoms with Crippen molar-refractivity contribution in [3.05, 3.63) is 70.7 Å². The van der Waals surface area contributed by atoms with Crippen molar-refractivity contribution in [3.8, 4) is 0 Å². The van der Waals surface area contributed by atoms with Gasteiger partial charge in [0.15, 0.2) is 0 Å². The number of hydrogen-bond acceptors (Lipinski definition) is 2. The van der Waals surface area contributed by atoms with Crippen molar-refractivity contribution >= 4 is 17.5 Å². The third-order valence-corrected chi connectivity index (χ3v) is 4.87. The van der Waals surface area contributed by atoms with Crippen molar-refractivity contribution in [3.63, 3.8) is 0 Å². The van der Waals surface area contributed by atoms with Crippen molar-refractivity contribution in [2.75, 3.05) is 26.2 Å². The summed E-state index contributed by atoms with van der Waals surface area (Å²) in [7, 11) is 0. The first kappa shape index (κ1) is 16.0. The minimum Gasteiger partial charge on any atom is -0.336 e. The van der Waals surface area contributed by atoms with Gasteiger partial charge in [0.1, 0.15) is 0 Å². The second-order valence-corrected chi connectivity index (χ2v) is 6.30. The SMILES string of the molecule is C[C@H](c1ccccc1Cl)N1CCN(C(=O)c2ccccc2)CC1. The molecule has 0 N–H and O–H groups in total. The first-order chi connectivity index (χ1) is 11.2. The fourth-order valence-corrected chi connectivity index (χ4v) is 3.38. The summed E-state index contributed by atoms with van der Waals surface area (Å²) in [6.45, 7) is 5.41. The molecule has 4 heteroatoms. The Kier molecular flexibility index (Phi) is 4.99. The number of halogens is 1. The molecule has 0 radical (unpaired) electrons. The van der Waals surface area contributed by atoms with E-state index in [2.05, 4.69) is 17.9 Å². The van der Waals surface area contributed by atoms with Crippen LogP contribution in [0.3, 0.4) is 0 Å². The van der Waals surface area contributed by atoms with Gasteiger partial charge in [-0.3, -0.25) is 9.69 Å². The van der Waals surface area contributed by atoms with Crippen LogP contribution in [0.5, 0.6) is 0 Å². The maximum atomic E-state index is 12.5. The second kappa shape index (κ2) is 7.16. The summed E-state index contributed by atoms with van der Waals surface area (Å²) >= 11 is 6.31. The third-order valence-electron chi connectivity index (χ3n) is 4.53. The lowest BCUT2D eigenvalue weighted by atomic mass is 10.1. The number of nitrogens with zero attached hydrogens (tertiary/aromatic N) is 2. The van der Waals surface area contributed by atoms with Gasteiger partial charge in [-0.05, 0) is 30.7 Å². The molecule has 0 bridgehead atoms. The maximum Gasteiger partial charge on any atom is 0.253 e. The average molecular weight is 329 g/mol. The van der Waals surface area contributed by atoms with Gasteiger partial charge >= 0.3 is 0 Å². The number of piperazine rings is 1. The van der Waals surface area contributed by atoms with Crippen LogP contribution in [0.1, 0.15) is 28.9 Å². The minimum absolute atomic E-state index is 0.121. The molecule has 2 aromatic carbocycles. The van der Waals surface area contributed by atoms with E-state index in [1.165, 1.54) is 0 Å². The van der Waals surface area contributed by atoms with Gasteiger partial charge in [0.25, 0.3) is 5.91 Å². The van der Waals surface area contributed by atoms with Crippen molar-refractivity contribution in [1.29, 1.82) is 0 Å². The van der Waals surface area contributed by atoms with E-state index in [1.54, 1.807) is 0 Å². The van der Waals surface area contributed by atoms with Gasteiger partial charge in [-0.25, -0.2) is 0 Å². The van der Waals surface area contributed by atoms with Crippen molar-refractivity contribution in [1.82, 2.24) is 9.80 Å². The van der Waals surface area contributed by atoms with Gasteiger partial charge in [-0.2, -0.15) is 0 Å². The van der Waals surface area contributed by atoms with E-state index in [9.17, 15) is 4.79 Å². The fourth-order valence-electron chi connectivity index (χ4n) is 3.09. The first-order valence-electron chi connectivity index (χ1n) is 7.99. The van der Waals surface area contributed by atoms with Crippen molar-refractivity contribution < 1.29 is 4.79 Å². The molecule has 0 saturated carbocycles. The summed E-state index contributed by atoms with van der Waals surface area (Å²) in [5, 5.41) is 0.808. The van der Waals surface area contributed by atoms with Crippen LogP contribution >= 0.6 is 11.6 Å². The lowest BCUT2D eigenvalue weighted by molar-refractivity contribution is 0.0582. The Labute approximate surface area is 142 Å². The third kappa shape index (κ3) is 3.57. The molecule has 3 nitrogen and oxygen atoms in total. The number of benzene rings is 2. The van der Waals surface area contributed by atoms with E-state index in [0.717, 1.165) is 42.3 Å². The fraction of sp³-hybridized carbons (Fsp3) is 0.316. The summed E-state index contributed by atoms with van der Waals surface area (Å²) in [6, 6.07) is 17.7. The van der Waals surface area contributed by atoms with Gasteiger partial charge in [0, 0.05) is 42.8 Å². The highest BCUT2D eigenvalue weighted by Crippen LogP contribution is 2.27. The molecule has 1 heterocycles. The largest absolute Gasteiger partial charge is 0.336 e. The average Bonchev–Trinajstić information content (AvgIpc) is 2.62. The van der Waals surface area contributed by atoms with Crippen LogP contribution in [0.25, 0.3) is 0 Å². The van der Waals surface area contributed by atoms with Gasteiger partial charge in [-0.15, -0.1) is 0 Å². The number of carbonyl (C=O) groups excluding carboxylic acids is 1. The van der Waals surface area contributed by atoms with Gasteiger partial charge in [0.05, 0.1) is 0 Å².